The maximum absolute atomic E-state index is 4.99. The predicted octanol–water partition coefficient (Wildman–Crippen LogP) is 6.28. The van der Waals surface area contributed by atoms with Crippen LogP contribution < -0.4 is 0 Å². The number of fused-ring (bicyclic) bond motifs is 7. The zero-order valence-corrected chi connectivity index (χ0v) is 15.2. The second-order valence-corrected chi connectivity index (χ2v) is 7.27. The Morgan fingerprint density at radius 1 is 0.680 bits per heavy atom. The lowest BCUT2D eigenvalue weighted by Gasteiger charge is -2.11. The fourth-order valence-corrected chi connectivity index (χ4v) is 4.33. The normalized spacial score (nSPS) is 11.9. The van der Waals surface area contributed by atoms with E-state index in [0.29, 0.717) is 0 Å². The van der Waals surface area contributed by atoms with Crippen molar-refractivity contribution >= 4 is 54.9 Å². The number of benzene rings is 3. The molecular weight excluding hydrogens is 324 g/mol. The lowest BCUT2D eigenvalue weighted by molar-refractivity contribution is 1.14. The highest BCUT2D eigenvalue weighted by atomic mass is 32.1. The largest absolute Gasteiger partial charge is 0.243 e. The maximum Gasteiger partial charge on any atom is 0.100 e. The summed E-state index contributed by atoms with van der Waals surface area (Å²) >= 11 is 1.66. The SMILES string of the molecule is CCc1ccc2c3ccc(CC)cc3c3nc4cscc4nc3c2c1. The quantitative estimate of drug-likeness (QED) is 0.353. The van der Waals surface area contributed by atoms with Crippen molar-refractivity contribution in [2.45, 2.75) is 26.7 Å². The average Bonchev–Trinajstić information content (AvgIpc) is 3.13. The van der Waals surface area contributed by atoms with Crippen LogP contribution >= 0.6 is 11.3 Å². The van der Waals surface area contributed by atoms with Crippen LogP contribution in [-0.2, 0) is 12.8 Å². The lowest BCUT2D eigenvalue weighted by Crippen LogP contribution is -1.92. The average molecular weight is 342 g/mol. The summed E-state index contributed by atoms with van der Waals surface area (Å²) in [5, 5.41) is 9.14. The molecule has 2 heterocycles. The summed E-state index contributed by atoms with van der Waals surface area (Å²) in [6.07, 6.45) is 2.05. The van der Waals surface area contributed by atoms with Crippen LogP contribution in [0.5, 0.6) is 0 Å². The van der Waals surface area contributed by atoms with Crippen molar-refractivity contribution in [1.29, 1.82) is 0 Å². The van der Waals surface area contributed by atoms with E-state index in [4.69, 9.17) is 9.97 Å². The van der Waals surface area contributed by atoms with E-state index in [0.717, 1.165) is 34.9 Å². The minimum atomic E-state index is 0.992. The number of nitrogens with zero attached hydrogens (tertiary/aromatic N) is 2. The van der Waals surface area contributed by atoms with Gasteiger partial charge in [-0.3, -0.25) is 0 Å². The Kier molecular flexibility index (Phi) is 3.25. The van der Waals surface area contributed by atoms with Gasteiger partial charge in [-0.15, -0.1) is 11.3 Å². The highest BCUT2D eigenvalue weighted by Gasteiger charge is 2.13. The molecule has 25 heavy (non-hydrogen) atoms. The molecule has 122 valence electrons. The molecule has 0 fully saturated rings. The second kappa shape index (κ2) is 5.50. The third kappa shape index (κ3) is 2.16. The van der Waals surface area contributed by atoms with Gasteiger partial charge in [-0.25, -0.2) is 9.97 Å². The van der Waals surface area contributed by atoms with E-state index in [1.54, 1.807) is 11.3 Å². The van der Waals surface area contributed by atoms with Crippen LogP contribution in [0.3, 0.4) is 0 Å². The summed E-state index contributed by atoms with van der Waals surface area (Å²) in [4.78, 5) is 9.99. The summed E-state index contributed by atoms with van der Waals surface area (Å²) in [6.45, 7) is 4.39. The van der Waals surface area contributed by atoms with E-state index in [1.165, 1.54) is 32.7 Å². The summed E-state index contributed by atoms with van der Waals surface area (Å²) in [5.41, 5.74) is 6.71. The van der Waals surface area contributed by atoms with E-state index >= 15 is 0 Å². The number of thiophene rings is 1. The van der Waals surface area contributed by atoms with Gasteiger partial charge in [0.1, 0.15) is 11.0 Å². The van der Waals surface area contributed by atoms with Gasteiger partial charge in [0.05, 0.1) is 11.0 Å². The molecule has 0 saturated heterocycles. The van der Waals surface area contributed by atoms with E-state index in [9.17, 15) is 0 Å². The number of rotatable bonds is 2. The Bertz CT molecular complexity index is 1170. The van der Waals surface area contributed by atoms with Crippen molar-refractivity contribution in [3.63, 3.8) is 0 Å². The lowest BCUT2D eigenvalue weighted by atomic mass is 9.95. The highest BCUT2D eigenvalue weighted by Crippen LogP contribution is 2.35. The molecule has 3 aromatic carbocycles. The molecule has 0 aliphatic carbocycles. The minimum Gasteiger partial charge on any atom is -0.243 e. The molecule has 0 aliphatic rings. The first-order valence-electron chi connectivity index (χ1n) is 8.79. The third-order valence-corrected chi connectivity index (χ3v) is 5.81. The second-order valence-electron chi connectivity index (χ2n) is 6.53. The molecule has 0 N–H and O–H groups in total. The number of aromatic nitrogens is 2. The van der Waals surface area contributed by atoms with Crippen molar-refractivity contribution in [2.24, 2.45) is 0 Å². The number of hydrogen-bond donors (Lipinski definition) is 0. The van der Waals surface area contributed by atoms with Gasteiger partial charge >= 0.3 is 0 Å². The topological polar surface area (TPSA) is 25.8 Å². The molecular formula is C22H18N2S. The van der Waals surface area contributed by atoms with Gasteiger partial charge in [0.15, 0.2) is 0 Å². The molecule has 0 bridgehead atoms. The highest BCUT2D eigenvalue weighted by molar-refractivity contribution is 7.09. The molecule has 2 nitrogen and oxygen atoms in total. The van der Waals surface area contributed by atoms with Crippen LogP contribution in [0.15, 0.2) is 47.2 Å². The number of hydrogen-bond acceptors (Lipinski definition) is 3. The molecule has 0 amide bonds. The van der Waals surface area contributed by atoms with Crippen LogP contribution in [0, 0.1) is 0 Å². The van der Waals surface area contributed by atoms with Crippen molar-refractivity contribution < 1.29 is 0 Å². The number of aryl methyl sites for hydroxylation is 2. The Balaban J connectivity index is 2.08. The molecule has 5 rings (SSSR count). The van der Waals surface area contributed by atoms with Gasteiger partial charge in [-0.2, -0.15) is 0 Å². The van der Waals surface area contributed by atoms with Crippen LogP contribution in [-0.4, -0.2) is 9.97 Å². The van der Waals surface area contributed by atoms with Crippen molar-refractivity contribution in [3.8, 4) is 0 Å². The first-order valence-corrected chi connectivity index (χ1v) is 9.73. The molecule has 0 radical (unpaired) electrons. The first-order chi connectivity index (χ1) is 12.3. The minimum absolute atomic E-state index is 0.992. The van der Waals surface area contributed by atoms with Gasteiger partial charge in [0.2, 0.25) is 0 Å². The first kappa shape index (κ1) is 14.8. The van der Waals surface area contributed by atoms with Crippen LogP contribution in [0.1, 0.15) is 25.0 Å². The fraction of sp³-hybridized carbons (Fsp3) is 0.182. The summed E-state index contributed by atoms with van der Waals surface area (Å²) in [6, 6.07) is 13.5. The Labute approximate surface area is 150 Å². The van der Waals surface area contributed by atoms with E-state index in [2.05, 4.69) is 61.0 Å². The third-order valence-electron chi connectivity index (χ3n) is 5.10. The van der Waals surface area contributed by atoms with E-state index in [1.807, 2.05) is 0 Å². The summed E-state index contributed by atoms with van der Waals surface area (Å²) in [7, 11) is 0. The molecule has 5 aromatic rings. The Morgan fingerprint density at radius 2 is 1.16 bits per heavy atom. The van der Waals surface area contributed by atoms with Crippen LogP contribution in [0.4, 0.5) is 0 Å². The molecule has 3 heteroatoms. The van der Waals surface area contributed by atoms with Crippen molar-refractivity contribution in [1.82, 2.24) is 9.97 Å². The smallest absolute Gasteiger partial charge is 0.100 e. The maximum atomic E-state index is 4.99. The van der Waals surface area contributed by atoms with Gasteiger partial charge < -0.3 is 0 Å². The molecule has 0 unspecified atom stereocenters. The fourth-order valence-electron chi connectivity index (χ4n) is 3.66. The predicted molar refractivity (Wildman–Crippen MR) is 109 cm³/mol. The molecule has 0 spiro atoms. The standard InChI is InChI=1S/C22H18N2S/c1-3-13-5-7-15-16-8-6-14(4-2)10-18(16)22-21(17(15)9-13)23-19-11-25-12-20(19)24-22/h5-12H,3-4H2,1-2H3. The monoisotopic (exact) mass is 342 g/mol. The van der Waals surface area contributed by atoms with Crippen LogP contribution in [0.2, 0.25) is 0 Å². The van der Waals surface area contributed by atoms with Gasteiger partial charge in [-0.05, 0) is 46.9 Å². The molecule has 0 aliphatic heterocycles. The van der Waals surface area contributed by atoms with Gasteiger partial charge in [0, 0.05) is 21.5 Å². The Hall–Kier alpha value is -2.52. The molecule has 0 atom stereocenters. The summed E-state index contributed by atoms with van der Waals surface area (Å²) in [5.74, 6) is 0. The van der Waals surface area contributed by atoms with Crippen molar-refractivity contribution in [2.75, 3.05) is 0 Å². The van der Waals surface area contributed by atoms with Gasteiger partial charge in [-0.1, -0.05) is 38.1 Å². The van der Waals surface area contributed by atoms with E-state index < -0.39 is 0 Å². The zero-order chi connectivity index (χ0) is 17.0. The Morgan fingerprint density at radius 3 is 1.60 bits per heavy atom. The summed E-state index contributed by atoms with van der Waals surface area (Å²) < 4.78 is 0. The van der Waals surface area contributed by atoms with Crippen LogP contribution in [0.25, 0.3) is 43.6 Å². The molecule has 2 aromatic heterocycles. The zero-order valence-electron chi connectivity index (χ0n) is 14.3. The van der Waals surface area contributed by atoms with Crippen molar-refractivity contribution in [3.05, 3.63) is 58.3 Å². The molecule has 0 saturated carbocycles. The van der Waals surface area contributed by atoms with E-state index in [-0.39, 0.29) is 0 Å². The van der Waals surface area contributed by atoms with Gasteiger partial charge in [0.25, 0.3) is 0 Å².